The van der Waals surface area contributed by atoms with E-state index in [-0.39, 0.29) is 40.6 Å². The number of carbonyl (C=O) groups is 2. The fourth-order valence-electron chi connectivity index (χ4n) is 3.88. The second-order valence-electron chi connectivity index (χ2n) is 10.6. The molecule has 0 unspecified atom stereocenters. The Hall–Kier alpha value is -4.46. The quantitative estimate of drug-likeness (QED) is 0.136. The first-order valence-electron chi connectivity index (χ1n) is 12.8. The van der Waals surface area contributed by atoms with Gasteiger partial charge in [0.2, 0.25) is 15.7 Å². The van der Waals surface area contributed by atoms with Gasteiger partial charge < -0.3 is 21.1 Å². The average molecular weight is 600 g/mol. The molecule has 11 nitrogen and oxygen atoms in total. The van der Waals surface area contributed by atoms with Gasteiger partial charge in [0.15, 0.2) is 5.75 Å². The largest absolute Gasteiger partial charge is 0.492 e. The van der Waals surface area contributed by atoms with Crippen molar-refractivity contribution in [2.24, 2.45) is 5.84 Å². The number of rotatable bonds is 10. The van der Waals surface area contributed by atoms with Crippen molar-refractivity contribution < 1.29 is 32.9 Å². The molecule has 42 heavy (non-hydrogen) atoms. The van der Waals surface area contributed by atoms with Gasteiger partial charge in [-0.3, -0.25) is 19.3 Å². The van der Waals surface area contributed by atoms with Crippen LogP contribution in [0.5, 0.6) is 5.75 Å². The number of nitrogens with two attached hydrogens (primary N) is 1. The van der Waals surface area contributed by atoms with Gasteiger partial charge >= 0.3 is 5.91 Å². The minimum absolute atomic E-state index is 0.0303. The summed E-state index contributed by atoms with van der Waals surface area (Å²) in [5.74, 6) is 4.24. The van der Waals surface area contributed by atoms with E-state index >= 15 is 0 Å². The molecule has 224 valence electrons. The predicted octanol–water partition coefficient (Wildman–Crippen LogP) is 2.84. The van der Waals surface area contributed by atoms with E-state index in [0.717, 1.165) is 34.7 Å². The Kier molecular flexibility index (Phi) is 9.94. The van der Waals surface area contributed by atoms with E-state index in [9.17, 15) is 22.4 Å². The zero-order valence-electron chi connectivity index (χ0n) is 24.1. The summed E-state index contributed by atoms with van der Waals surface area (Å²) in [6.07, 6.45) is 2.16. The number of amides is 2. The van der Waals surface area contributed by atoms with Gasteiger partial charge in [-0.1, -0.05) is 51.1 Å². The summed E-state index contributed by atoms with van der Waals surface area (Å²) < 4.78 is 46.6. The lowest BCUT2D eigenvalue weighted by Crippen LogP contribution is -2.55. The topological polar surface area (TPSA) is 170 Å². The Morgan fingerprint density at radius 1 is 1.07 bits per heavy atom. The summed E-state index contributed by atoms with van der Waals surface area (Å²) in [5, 5.41) is 6.29. The predicted molar refractivity (Wildman–Crippen MR) is 160 cm³/mol. The summed E-state index contributed by atoms with van der Waals surface area (Å²) in [5.41, 5.74) is 5.07. The molecule has 3 aromatic rings. The van der Waals surface area contributed by atoms with E-state index in [1.165, 1.54) is 19.2 Å². The first-order chi connectivity index (χ1) is 19.6. The number of quaternary nitrogens is 1. The number of halogens is 1. The van der Waals surface area contributed by atoms with Crippen LogP contribution in [0.2, 0.25) is 0 Å². The number of ether oxygens (including phenoxy) is 1. The summed E-state index contributed by atoms with van der Waals surface area (Å²) >= 11 is 0. The number of hydrogen-bond acceptors (Lipinski definition) is 7. The maximum absolute atomic E-state index is 14.8. The molecule has 0 radical (unpaired) electrons. The highest BCUT2D eigenvalue weighted by Gasteiger charge is 2.23. The summed E-state index contributed by atoms with van der Waals surface area (Å²) in [7, 11) is -2.32. The van der Waals surface area contributed by atoms with Gasteiger partial charge in [0.05, 0.1) is 36.6 Å². The Morgan fingerprint density at radius 2 is 1.71 bits per heavy atom. The summed E-state index contributed by atoms with van der Waals surface area (Å²) in [6, 6.07) is 16.1. The van der Waals surface area contributed by atoms with E-state index in [4.69, 9.17) is 10.6 Å². The Labute approximate surface area is 244 Å². The molecule has 0 aliphatic carbocycles. The van der Waals surface area contributed by atoms with Gasteiger partial charge in [-0.25, -0.2) is 18.7 Å². The van der Waals surface area contributed by atoms with Crippen LogP contribution in [0.25, 0.3) is 0 Å². The molecular formula is C29H36FN6O5S+. The zero-order chi connectivity index (χ0) is 31.2. The van der Waals surface area contributed by atoms with Crippen molar-refractivity contribution in [2.45, 2.75) is 32.7 Å². The Morgan fingerprint density at radius 3 is 2.31 bits per heavy atom. The van der Waals surface area contributed by atoms with Crippen LogP contribution in [0.1, 0.15) is 42.3 Å². The van der Waals surface area contributed by atoms with Crippen LogP contribution in [0.3, 0.4) is 0 Å². The maximum atomic E-state index is 14.8. The highest BCUT2D eigenvalue weighted by molar-refractivity contribution is 7.92. The number of hydrazine groups is 1. The SMILES string of the molecule is COc1c(NC(=O)c2ccc(F)c(N(N)C=C([NH3+])C(=O)NCc3ccccc3)c2)cc(C(C)(C)C)cc1NS(C)(=O)=O. The third kappa shape index (κ3) is 8.52. The standard InChI is InChI=1S/C29H35FN6O5S/c1-29(2,3)20-14-23(26(41-4)24(15-20)35-42(5,39)40)34-27(37)19-11-12-21(30)25(13-19)36(32)17-22(31)28(38)33-16-18-9-7-6-8-10-18/h6-15,17,35H,16,31-32H2,1-5H3,(H,33,38)(H,34,37)/p+1. The van der Waals surface area contributed by atoms with E-state index in [1.54, 1.807) is 12.1 Å². The lowest BCUT2D eigenvalue weighted by atomic mass is 9.86. The van der Waals surface area contributed by atoms with Crippen molar-refractivity contribution in [3.8, 4) is 5.75 Å². The smallest absolute Gasteiger partial charge is 0.307 e. The Bertz CT molecular complexity index is 1600. The highest BCUT2D eigenvalue weighted by Crippen LogP contribution is 2.39. The van der Waals surface area contributed by atoms with Gasteiger partial charge in [0.25, 0.3) is 5.91 Å². The van der Waals surface area contributed by atoms with Gasteiger partial charge in [-0.2, -0.15) is 0 Å². The molecule has 0 aliphatic heterocycles. The first kappa shape index (κ1) is 32.1. The molecule has 3 aromatic carbocycles. The molecule has 0 saturated carbocycles. The molecule has 8 N–H and O–H groups in total. The van der Waals surface area contributed by atoms with Gasteiger partial charge in [-0.15, -0.1) is 0 Å². The average Bonchev–Trinajstić information content (AvgIpc) is 2.90. The van der Waals surface area contributed by atoms with Gasteiger partial charge in [0, 0.05) is 12.1 Å². The van der Waals surface area contributed by atoms with Crippen LogP contribution in [-0.4, -0.2) is 33.6 Å². The normalized spacial score (nSPS) is 12.0. The monoisotopic (exact) mass is 599 g/mol. The van der Waals surface area contributed by atoms with Gasteiger partial charge in [-0.05, 0) is 46.9 Å². The number of anilines is 3. The van der Waals surface area contributed by atoms with Crippen molar-refractivity contribution in [1.82, 2.24) is 5.32 Å². The van der Waals surface area contributed by atoms with Crippen LogP contribution < -0.4 is 36.7 Å². The molecule has 0 saturated heterocycles. The fourth-order valence-corrected chi connectivity index (χ4v) is 4.44. The minimum atomic E-state index is -3.67. The van der Waals surface area contributed by atoms with Crippen molar-refractivity contribution in [1.29, 1.82) is 0 Å². The van der Waals surface area contributed by atoms with Crippen molar-refractivity contribution in [3.63, 3.8) is 0 Å². The van der Waals surface area contributed by atoms with Crippen LogP contribution >= 0.6 is 0 Å². The molecule has 3 rings (SSSR count). The van der Waals surface area contributed by atoms with Crippen LogP contribution in [0.4, 0.5) is 21.5 Å². The summed E-state index contributed by atoms with van der Waals surface area (Å²) in [6.45, 7) is 6.06. The number of benzene rings is 3. The van der Waals surface area contributed by atoms with Crippen LogP contribution in [-0.2, 0) is 26.8 Å². The van der Waals surface area contributed by atoms with E-state index < -0.39 is 33.1 Å². The third-order valence-electron chi connectivity index (χ3n) is 6.07. The van der Waals surface area contributed by atoms with Crippen LogP contribution in [0.15, 0.2) is 72.6 Å². The van der Waals surface area contributed by atoms with E-state index in [1.807, 2.05) is 51.1 Å². The summed E-state index contributed by atoms with van der Waals surface area (Å²) in [4.78, 5) is 25.8. The minimum Gasteiger partial charge on any atom is -0.492 e. The molecule has 0 atom stereocenters. The zero-order valence-corrected chi connectivity index (χ0v) is 24.9. The fraction of sp³-hybridized carbons (Fsp3) is 0.241. The molecule has 0 aromatic heterocycles. The molecule has 0 aliphatic rings. The molecule has 13 heteroatoms. The lowest BCUT2D eigenvalue weighted by Gasteiger charge is -2.24. The highest BCUT2D eigenvalue weighted by atomic mass is 32.2. The molecule has 0 spiro atoms. The van der Waals surface area contributed by atoms with Crippen LogP contribution in [0, 0.1) is 5.82 Å². The van der Waals surface area contributed by atoms with Crippen molar-refractivity contribution >= 4 is 38.9 Å². The molecule has 2 amide bonds. The number of nitrogens with zero attached hydrogens (tertiary/aromatic N) is 1. The number of hydrogen-bond donors (Lipinski definition) is 5. The Balaban J connectivity index is 1.87. The van der Waals surface area contributed by atoms with Gasteiger partial charge in [0.1, 0.15) is 5.82 Å². The second kappa shape index (κ2) is 13.0. The number of methoxy groups -OCH3 is 1. The van der Waals surface area contributed by atoms with E-state index in [0.29, 0.717) is 0 Å². The molecule has 0 bridgehead atoms. The second-order valence-corrected chi connectivity index (χ2v) is 12.3. The number of sulfonamides is 1. The number of nitrogens with one attached hydrogen (secondary N) is 3. The van der Waals surface area contributed by atoms with Crippen molar-refractivity contribution in [3.05, 3.63) is 95.1 Å². The first-order valence-corrected chi connectivity index (χ1v) is 14.7. The molecular weight excluding hydrogens is 563 g/mol. The lowest BCUT2D eigenvalue weighted by molar-refractivity contribution is -0.299. The maximum Gasteiger partial charge on any atom is 0.307 e. The molecule has 0 fully saturated rings. The van der Waals surface area contributed by atoms with E-state index in [2.05, 4.69) is 21.1 Å². The third-order valence-corrected chi connectivity index (χ3v) is 6.66. The molecule has 0 heterocycles. The van der Waals surface area contributed by atoms with Crippen molar-refractivity contribution in [2.75, 3.05) is 28.4 Å². The number of carbonyl (C=O) groups excluding carboxylic acids is 2.